The van der Waals surface area contributed by atoms with Gasteiger partial charge in [0.1, 0.15) is 11.2 Å². The molecule has 0 fully saturated rings. The van der Waals surface area contributed by atoms with E-state index in [0.717, 1.165) is 22.3 Å². The number of hydrogen-bond acceptors (Lipinski definition) is 1. The molecule has 0 atom stereocenters. The van der Waals surface area contributed by atoms with Crippen LogP contribution < -0.4 is 0 Å². The Morgan fingerprint density at radius 1 is 0.419 bits per heavy atom. The summed E-state index contributed by atoms with van der Waals surface area (Å²) in [5, 5.41) is 0. The van der Waals surface area contributed by atoms with Gasteiger partial charge in [-0.05, 0) is 22.3 Å². The maximum absolute atomic E-state index is 7.20. The number of benzene rings is 4. The number of alkyl halides is 2. The molecule has 0 spiro atoms. The van der Waals surface area contributed by atoms with E-state index in [2.05, 4.69) is 48.5 Å². The fourth-order valence-corrected chi connectivity index (χ4v) is 4.79. The molecule has 0 unspecified atom stereocenters. The van der Waals surface area contributed by atoms with E-state index < -0.39 is 11.2 Å². The van der Waals surface area contributed by atoms with E-state index in [-0.39, 0.29) is 11.8 Å². The lowest BCUT2D eigenvalue weighted by Crippen LogP contribution is -2.45. The molecule has 0 amide bonds. The first-order valence-corrected chi connectivity index (χ1v) is 11.4. The smallest absolute Gasteiger partial charge is 0.133 e. The fourth-order valence-electron chi connectivity index (χ4n) is 4.06. The van der Waals surface area contributed by atoms with Gasteiger partial charge < -0.3 is 4.74 Å². The van der Waals surface area contributed by atoms with Crippen LogP contribution in [-0.4, -0.2) is 11.8 Å². The Kier molecular flexibility index (Phi) is 6.77. The molecule has 0 aliphatic rings. The summed E-state index contributed by atoms with van der Waals surface area (Å²) >= 11 is 13.5. The summed E-state index contributed by atoms with van der Waals surface area (Å²) in [7, 11) is 0. The van der Waals surface area contributed by atoms with Crippen LogP contribution in [0.2, 0.25) is 0 Å². The Labute approximate surface area is 194 Å². The first-order valence-electron chi connectivity index (χ1n) is 10.3. The molecule has 0 N–H and O–H groups in total. The van der Waals surface area contributed by atoms with Crippen LogP contribution >= 0.6 is 23.2 Å². The fraction of sp³-hybridized carbons (Fsp3) is 0.143. The van der Waals surface area contributed by atoms with E-state index in [4.69, 9.17) is 27.9 Å². The van der Waals surface area contributed by atoms with Crippen molar-refractivity contribution in [2.75, 3.05) is 11.8 Å². The highest BCUT2D eigenvalue weighted by Gasteiger charge is 2.46. The lowest BCUT2D eigenvalue weighted by Gasteiger charge is -2.44. The Balaban J connectivity index is 1.98. The van der Waals surface area contributed by atoms with Crippen LogP contribution in [0.4, 0.5) is 0 Å². The summed E-state index contributed by atoms with van der Waals surface area (Å²) in [4.78, 5) is 0. The van der Waals surface area contributed by atoms with Crippen LogP contribution in [0.3, 0.4) is 0 Å². The molecule has 1 nitrogen and oxygen atoms in total. The van der Waals surface area contributed by atoms with Gasteiger partial charge in [0.15, 0.2) is 0 Å². The lowest BCUT2D eigenvalue weighted by atomic mass is 9.83. The Morgan fingerprint density at radius 2 is 0.645 bits per heavy atom. The van der Waals surface area contributed by atoms with Gasteiger partial charge in [-0.2, -0.15) is 0 Å². The third-order valence-electron chi connectivity index (χ3n) is 5.69. The predicted octanol–water partition coefficient (Wildman–Crippen LogP) is 7.37. The van der Waals surface area contributed by atoms with E-state index in [1.165, 1.54) is 0 Å². The number of rotatable bonds is 8. The SMILES string of the molecule is ClCC(OC(CCl)(c1ccccc1)c1ccccc1)(c1ccccc1)c1ccccc1. The van der Waals surface area contributed by atoms with Gasteiger partial charge in [-0.1, -0.05) is 121 Å². The van der Waals surface area contributed by atoms with Crippen LogP contribution in [-0.2, 0) is 15.9 Å². The van der Waals surface area contributed by atoms with Crippen molar-refractivity contribution >= 4 is 23.2 Å². The normalized spacial score (nSPS) is 11.9. The Hall–Kier alpha value is -2.58. The third kappa shape index (κ3) is 4.14. The van der Waals surface area contributed by atoms with Gasteiger partial charge >= 0.3 is 0 Å². The minimum atomic E-state index is -0.898. The molecule has 4 aromatic rings. The van der Waals surface area contributed by atoms with Crippen molar-refractivity contribution in [2.24, 2.45) is 0 Å². The molecule has 0 bridgehead atoms. The molecule has 0 saturated heterocycles. The topological polar surface area (TPSA) is 9.23 Å². The van der Waals surface area contributed by atoms with Crippen molar-refractivity contribution in [3.63, 3.8) is 0 Å². The lowest BCUT2D eigenvalue weighted by molar-refractivity contribution is -0.102. The summed E-state index contributed by atoms with van der Waals surface area (Å²) in [6.07, 6.45) is 0. The minimum Gasteiger partial charge on any atom is -0.347 e. The summed E-state index contributed by atoms with van der Waals surface area (Å²) in [5.41, 5.74) is 2.14. The Morgan fingerprint density at radius 3 is 0.839 bits per heavy atom. The van der Waals surface area contributed by atoms with Crippen LogP contribution in [0, 0.1) is 0 Å². The second-order valence-corrected chi connectivity index (χ2v) is 8.02. The van der Waals surface area contributed by atoms with Gasteiger partial charge in [0.25, 0.3) is 0 Å². The third-order valence-corrected chi connectivity index (χ3v) is 6.44. The molecule has 4 rings (SSSR count). The molecule has 156 valence electrons. The standard InChI is InChI=1S/C28H24Cl2O/c29-21-27(23-13-5-1-6-14-23,24-15-7-2-8-16-24)31-28(22-30,25-17-9-3-10-18-25)26-19-11-4-12-20-26/h1-20H,21-22H2. The van der Waals surface area contributed by atoms with Crippen LogP contribution in [0.15, 0.2) is 121 Å². The zero-order valence-corrected chi connectivity index (χ0v) is 18.6. The summed E-state index contributed by atoms with van der Waals surface area (Å²) in [6, 6.07) is 40.5. The maximum atomic E-state index is 7.20. The van der Waals surface area contributed by atoms with Gasteiger partial charge in [-0.15, -0.1) is 23.2 Å². The average molecular weight is 447 g/mol. The van der Waals surface area contributed by atoms with Crippen molar-refractivity contribution in [3.05, 3.63) is 144 Å². The van der Waals surface area contributed by atoms with Crippen LogP contribution in [0.1, 0.15) is 22.3 Å². The monoisotopic (exact) mass is 446 g/mol. The molecule has 4 aromatic carbocycles. The second-order valence-electron chi connectivity index (χ2n) is 7.49. The highest BCUT2D eigenvalue weighted by Crippen LogP contribution is 2.45. The average Bonchev–Trinajstić information content (AvgIpc) is 2.87. The molecule has 0 aliphatic carbocycles. The summed E-state index contributed by atoms with van der Waals surface area (Å²) < 4.78 is 7.20. The van der Waals surface area contributed by atoms with Gasteiger partial charge in [-0.25, -0.2) is 0 Å². The number of halogens is 2. The first kappa shape index (κ1) is 21.6. The van der Waals surface area contributed by atoms with Crippen LogP contribution in [0.5, 0.6) is 0 Å². The van der Waals surface area contributed by atoms with E-state index in [1.807, 2.05) is 72.8 Å². The number of hydrogen-bond donors (Lipinski definition) is 0. The van der Waals surface area contributed by atoms with Crippen LogP contribution in [0.25, 0.3) is 0 Å². The first-order chi connectivity index (χ1) is 15.2. The quantitative estimate of drug-likeness (QED) is 0.256. The molecule has 0 aliphatic heterocycles. The molecule has 0 radical (unpaired) electrons. The van der Waals surface area contributed by atoms with Gasteiger partial charge in [0.2, 0.25) is 0 Å². The molecule has 0 saturated carbocycles. The molecular weight excluding hydrogens is 423 g/mol. The predicted molar refractivity (Wildman–Crippen MR) is 130 cm³/mol. The van der Waals surface area contributed by atoms with E-state index in [1.54, 1.807) is 0 Å². The molecule has 3 heteroatoms. The molecule has 31 heavy (non-hydrogen) atoms. The second kappa shape index (κ2) is 9.70. The Bertz CT molecular complexity index is 899. The zero-order chi connectivity index (χ0) is 21.6. The largest absolute Gasteiger partial charge is 0.347 e. The summed E-state index contributed by atoms with van der Waals surface area (Å²) in [6.45, 7) is 0. The van der Waals surface area contributed by atoms with Gasteiger partial charge in [0, 0.05) is 0 Å². The van der Waals surface area contributed by atoms with E-state index in [9.17, 15) is 0 Å². The number of ether oxygens (including phenoxy) is 1. The van der Waals surface area contributed by atoms with E-state index in [0.29, 0.717) is 0 Å². The van der Waals surface area contributed by atoms with Crippen molar-refractivity contribution in [2.45, 2.75) is 11.2 Å². The highest BCUT2D eigenvalue weighted by atomic mass is 35.5. The van der Waals surface area contributed by atoms with Gasteiger partial charge in [-0.3, -0.25) is 0 Å². The van der Waals surface area contributed by atoms with Crippen molar-refractivity contribution in [1.29, 1.82) is 0 Å². The van der Waals surface area contributed by atoms with Crippen molar-refractivity contribution in [1.82, 2.24) is 0 Å². The van der Waals surface area contributed by atoms with E-state index >= 15 is 0 Å². The molecular formula is C28H24Cl2O. The van der Waals surface area contributed by atoms with Crippen molar-refractivity contribution < 1.29 is 4.74 Å². The molecule has 0 aromatic heterocycles. The minimum absolute atomic E-state index is 0.235. The molecule has 0 heterocycles. The summed E-state index contributed by atoms with van der Waals surface area (Å²) in [5.74, 6) is 0.471. The zero-order valence-electron chi connectivity index (χ0n) is 17.1. The highest BCUT2D eigenvalue weighted by molar-refractivity contribution is 6.19. The van der Waals surface area contributed by atoms with Crippen molar-refractivity contribution in [3.8, 4) is 0 Å². The van der Waals surface area contributed by atoms with Gasteiger partial charge in [0.05, 0.1) is 11.8 Å². The maximum Gasteiger partial charge on any atom is 0.133 e.